The van der Waals surface area contributed by atoms with E-state index in [9.17, 15) is 5.11 Å². The Labute approximate surface area is 86.8 Å². The summed E-state index contributed by atoms with van der Waals surface area (Å²) >= 11 is 0. The fourth-order valence-corrected chi connectivity index (χ4v) is 1.62. The fraction of sp³-hybridized carbons (Fsp3) is 0.538. The van der Waals surface area contributed by atoms with E-state index in [1.165, 1.54) is 18.4 Å². The molecule has 1 nitrogen and oxygen atoms in total. The molecule has 1 heteroatoms. The molecule has 0 amide bonds. The van der Waals surface area contributed by atoms with E-state index < -0.39 is 0 Å². The number of unbranched alkanes of at least 4 members (excludes halogenated alkanes) is 2. The predicted octanol–water partition coefficient (Wildman–Crippen LogP) is 3.17. The second-order valence-corrected chi connectivity index (χ2v) is 3.84. The maximum absolute atomic E-state index is 9.73. The molecule has 0 bridgehead atoms. The molecule has 78 valence electrons. The molecule has 1 aromatic rings. The van der Waals surface area contributed by atoms with Crippen LogP contribution in [-0.4, -0.2) is 11.2 Å². The summed E-state index contributed by atoms with van der Waals surface area (Å²) < 4.78 is 0. The monoisotopic (exact) mass is 192 g/mol. The zero-order valence-corrected chi connectivity index (χ0v) is 8.95. The van der Waals surface area contributed by atoms with Crippen LogP contribution >= 0.6 is 0 Å². The lowest BCUT2D eigenvalue weighted by Crippen LogP contribution is -2.09. The van der Waals surface area contributed by atoms with Crippen LogP contribution in [0.4, 0.5) is 0 Å². The van der Waals surface area contributed by atoms with Crippen LogP contribution in [-0.2, 0) is 6.42 Å². The summed E-state index contributed by atoms with van der Waals surface area (Å²) in [6.07, 6.45) is 5.16. The van der Waals surface area contributed by atoms with Gasteiger partial charge in [0, 0.05) is 0 Å². The minimum absolute atomic E-state index is 0.163. The van der Waals surface area contributed by atoms with Gasteiger partial charge in [0.05, 0.1) is 6.10 Å². The summed E-state index contributed by atoms with van der Waals surface area (Å²) in [7, 11) is 0. The van der Waals surface area contributed by atoms with E-state index in [1.807, 2.05) is 18.2 Å². The van der Waals surface area contributed by atoms with E-state index in [0.29, 0.717) is 0 Å². The van der Waals surface area contributed by atoms with Crippen molar-refractivity contribution in [1.82, 2.24) is 0 Å². The summed E-state index contributed by atoms with van der Waals surface area (Å²) in [4.78, 5) is 0. The molecule has 14 heavy (non-hydrogen) atoms. The van der Waals surface area contributed by atoms with Gasteiger partial charge in [0.25, 0.3) is 0 Å². The molecule has 0 aliphatic carbocycles. The highest BCUT2D eigenvalue weighted by Gasteiger charge is 2.04. The molecule has 0 heterocycles. The van der Waals surface area contributed by atoms with Crippen molar-refractivity contribution in [3.8, 4) is 0 Å². The first-order valence-electron chi connectivity index (χ1n) is 5.55. The van der Waals surface area contributed by atoms with Gasteiger partial charge in [-0.25, -0.2) is 0 Å². The maximum atomic E-state index is 9.73. The van der Waals surface area contributed by atoms with Crippen molar-refractivity contribution < 1.29 is 5.11 Å². The van der Waals surface area contributed by atoms with Crippen molar-refractivity contribution in [2.45, 2.75) is 45.1 Å². The van der Waals surface area contributed by atoms with Crippen LogP contribution in [0.3, 0.4) is 0 Å². The average Bonchev–Trinajstić information content (AvgIpc) is 2.20. The molecule has 1 unspecified atom stereocenters. The molecular weight excluding hydrogens is 172 g/mol. The van der Waals surface area contributed by atoms with Gasteiger partial charge < -0.3 is 5.11 Å². The number of hydrogen-bond acceptors (Lipinski definition) is 1. The lowest BCUT2D eigenvalue weighted by Gasteiger charge is -2.09. The molecule has 1 N–H and O–H groups in total. The van der Waals surface area contributed by atoms with Crippen LogP contribution in [0.25, 0.3) is 0 Å². The first kappa shape index (κ1) is 11.3. The smallest absolute Gasteiger partial charge is 0.0580 e. The summed E-state index contributed by atoms with van der Waals surface area (Å²) in [6.45, 7) is 2.18. The van der Waals surface area contributed by atoms with Crippen molar-refractivity contribution >= 4 is 0 Å². The molecule has 0 radical (unpaired) electrons. The number of aliphatic hydroxyl groups excluding tert-OH is 1. The van der Waals surface area contributed by atoms with Crippen LogP contribution in [0.1, 0.15) is 38.2 Å². The Morgan fingerprint density at radius 2 is 1.86 bits per heavy atom. The Bertz CT molecular complexity index is 230. The topological polar surface area (TPSA) is 20.2 Å². The third-order valence-electron chi connectivity index (χ3n) is 2.46. The van der Waals surface area contributed by atoms with Gasteiger partial charge in [-0.15, -0.1) is 0 Å². The van der Waals surface area contributed by atoms with Crippen LogP contribution in [0.15, 0.2) is 30.3 Å². The Morgan fingerprint density at radius 3 is 2.50 bits per heavy atom. The van der Waals surface area contributed by atoms with E-state index in [0.717, 1.165) is 19.3 Å². The van der Waals surface area contributed by atoms with E-state index in [-0.39, 0.29) is 6.10 Å². The van der Waals surface area contributed by atoms with Gasteiger partial charge in [-0.1, -0.05) is 56.5 Å². The van der Waals surface area contributed by atoms with Crippen molar-refractivity contribution in [2.75, 3.05) is 0 Å². The summed E-state index contributed by atoms with van der Waals surface area (Å²) in [5.74, 6) is 0. The van der Waals surface area contributed by atoms with Crippen LogP contribution in [0.5, 0.6) is 0 Å². The zero-order chi connectivity index (χ0) is 10.2. The molecule has 0 aromatic heterocycles. The Hall–Kier alpha value is -0.820. The second-order valence-electron chi connectivity index (χ2n) is 3.84. The molecule has 1 aromatic carbocycles. The summed E-state index contributed by atoms with van der Waals surface area (Å²) in [5, 5.41) is 9.73. The number of hydrogen-bond donors (Lipinski definition) is 1. The van der Waals surface area contributed by atoms with Gasteiger partial charge in [0.15, 0.2) is 0 Å². The first-order chi connectivity index (χ1) is 6.83. The molecule has 1 rings (SSSR count). The van der Waals surface area contributed by atoms with Gasteiger partial charge in [-0.2, -0.15) is 0 Å². The average molecular weight is 192 g/mol. The zero-order valence-electron chi connectivity index (χ0n) is 8.95. The van der Waals surface area contributed by atoms with Crippen LogP contribution in [0, 0.1) is 0 Å². The lowest BCUT2D eigenvalue weighted by atomic mass is 10.0. The van der Waals surface area contributed by atoms with Crippen LogP contribution < -0.4 is 0 Å². The normalized spacial score (nSPS) is 12.7. The molecule has 0 aliphatic heterocycles. The molecular formula is C13H20O. The standard InChI is InChI=1S/C13H20O/c1-2-3-5-10-13(14)11-12-8-6-4-7-9-12/h4,6-9,13-14H,2-3,5,10-11H2,1H3. The minimum atomic E-state index is -0.163. The Morgan fingerprint density at radius 1 is 1.14 bits per heavy atom. The molecule has 0 saturated heterocycles. The molecule has 0 spiro atoms. The fourth-order valence-electron chi connectivity index (χ4n) is 1.62. The number of rotatable bonds is 6. The third-order valence-corrected chi connectivity index (χ3v) is 2.46. The van der Waals surface area contributed by atoms with E-state index >= 15 is 0 Å². The molecule has 0 aliphatic rings. The van der Waals surface area contributed by atoms with E-state index in [2.05, 4.69) is 19.1 Å². The van der Waals surface area contributed by atoms with Crippen molar-refractivity contribution in [2.24, 2.45) is 0 Å². The van der Waals surface area contributed by atoms with E-state index in [4.69, 9.17) is 0 Å². The van der Waals surface area contributed by atoms with Gasteiger partial charge in [0.1, 0.15) is 0 Å². The molecule has 1 atom stereocenters. The SMILES string of the molecule is CCCCCC(O)Cc1ccccc1. The molecule has 0 saturated carbocycles. The quantitative estimate of drug-likeness (QED) is 0.686. The highest BCUT2D eigenvalue weighted by molar-refractivity contribution is 5.15. The molecule has 0 fully saturated rings. The number of benzene rings is 1. The highest BCUT2D eigenvalue weighted by atomic mass is 16.3. The maximum Gasteiger partial charge on any atom is 0.0580 e. The first-order valence-corrected chi connectivity index (χ1v) is 5.55. The van der Waals surface area contributed by atoms with Crippen LogP contribution in [0.2, 0.25) is 0 Å². The second kappa shape index (κ2) is 6.61. The van der Waals surface area contributed by atoms with Gasteiger partial charge in [-0.05, 0) is 18.4 Å². The predicted molar refractivity (Wildman–Crippen MR) is 60.3 cm³/mol. The minimum Gasteiger partial charge on any atom is -0.393 e. The van der Waals surface area contributed by atoms with Crippen molar-refractivity contribution in [3.05, 3.63) is 35.9 Å². The number of aliphatic hydroxyl groups is 1. The lowest BCUT2D eigenvalue weighted by molar-refractivity contribution is 0.161. The summed E-state index contributed by atoms with van der Waals surface area (Å²) in [5.41, 5.74) is 1.23. The van der Waals surface area contributed by atoms with Crippen molar-refractivity contribution in [3.63, 3.8) is 0 Å². The van der Waals surface area contributed by atoms with Gasteiger partial charge in [-0.3, -0.25) is 0 Å². The Kier molecular flexibility index (Phi) is 5.31. The third kappa shape index (κ3) is 4.43. The van der Waals surface area contributed by atoms with Crippen molar-refractivity contribution in [1.29, 1.82) is 0 Å². The highest BCUT2D eigenvalue weighted by Crippen LogP contribution is 2.09. The van der Waals surface area contributed by atoms with Gasteiger partial charge >= 0.3 is 0 Å². The largest absolute Gasteiger partial charge is 0.393 e. The van der Waals surface area contributed by atoms with E-state index in [1.54, 1.807) is 0 Å². The van der Waals surface area contributed by atoms with Gasteiger partial charge in [0.2, 0.25) is 0 Å². The summed E-state index contributed by atoms with van der Waals surface area (Å²) in [6, 6.07) is 10.2. The Balaban J connectivity index is 2.23.